The number of halogens is 1. The second-order valence-electron chi connectivity index (χ2n) is 7.51. The third kappa shape index (κ3) is 4.40. The molecule has 1 N–H and O–H groups in total. The predicted molar refractivity (Wildman–Crippen MR) is 110 cm³/mol. The van der Waals surface area contributed by atoms with E-state index in [1.165, 1.54) is 16.8 Å². The van der Waals surface area contributed by atoms with E-state index in [2.05, 4.69) is 10.4 Å². The topological polar surface area (TPSA) is 73.2 Å². The molecule has 1 aliphatic rings. The van der Waals surface area contributed by atoms with E-state index in [0.29, 0.717) is 11.4 Å². The molecule has 2 aromatic carbocycles. The van der Waals surface area contributed by atoms with Crippen LogP contribution in [0.5, 0.6) is 0 Å². The molecule has 1 heterocycles. The summed E-state index contributed by atoms with van der Waals surface area (Å²) in [7, 11) is 0. The van der Waals surface area contributed by atoms with Gasteiger partial charge in [0.2, 0.25) is 0 Å². The van der Waals surface area contributed by atoms with Crippen molar-refractivity contribution >= 4 is 11.9 Å². The van der Waals surface area contributed by atoms with Crippen molar-refractivity contribution in [3.05, 3.63) is 71.7 Å². The summed E-state index contributed by atoms with van der Waals surface area (Å²) in [5, 5.41) is 7.37. The molecule has 1 aliphatic carbocycles. The molecule has 1 saturated carbocycles. The number of ether oxygens (including phenoxy) is 1. The molecule has 1 amide bonds. The number of nitrogens with one attached hydrogen (secondary N) is 1. The molecule has 1 fully saturated rings. The Morgan fingerprint density at radius 2 is 1.93 bits per heavy atom. The average molecular weight is 407 g/mol. The second-order valence-corrected chi connectivity index (χ2v) is 7.51. The molecular weight excluding hydrogens is 385 g/mol. The van der Waals surface area contributed by atoms with E-state index in [1.807, 2.05) is 31.2 Å². The number of rotatable bonds is 6. The van der Waals surface area contributed by atoms with Crippen LogP contribution in [-0.2, 0) is 9.53 Å². The highest BCUT2D eigenvalue weighted by atomic mass is 19.1. The lowest BCUT2D eigenvalue weighted by Gasteiger charge is -2.13. The van der Waals surface area contributed by atoms with Crippen molar-refractivity contribution in [1.82, 2.24) is 15.1 Å². The molecule has 3 aromatic rings. The van der Waals surface area contributed by atoms with Gasteiger partial charge in [-0.25, -0.2) is 13.9 Å². The van der Waals surface area contributed by atoms with Crippen LogP contribution in [0, 0.1) is 12.7 Å². The van der Waals surface area contributed by atoms with E-state index in [1.54, 1.807) is 25.3 Å². The molecule has 0 radical (unpaired) electrons. The number of aromatic nitrogens is 2. The first-order valence-corrected chi connectivity index (χ1v) is 9.85. The Bertz CT molecular complexity index is 1090. The highest BCUT2D eigenvalue weighted by Crippen LogP contribution is 2.26. The summed E-state index contributed by atoms with van der Waals surface area (Å²) in [5.74, 6) is -1.31. The van der Waals surface area contributed by atoms with Crippen LogP contribution in [0.15, 0.2) is 54.7 Å². The van der Waals surface area contributed by atoms with Gasteiger partial charge < -0.3 is 10.1 Å². The maximum absolute atomic E-state index is 13.3. The first-order chi connectivity index (χ1) is 14.4. The Kier molecular flexibility index (Phi) is 5.35. The third-order valence-corrected chi connectivity index (χ3v) is 4.89. The van der Waals surface area contributed by atoms with Gasteiger partial charge in [-0.2, -0.15) is 5.10 Å². The molecule has 154 valence electrons. The molecule has 30 heavy (non-hydrogen) atoms. The second kappa shape index (κ2) is 8.10. The van der Waals surface area contributed by atoms with Crippen molar-refractivity contribution in [2.75, 3.05) is 0 Å². The van der Waals surface area contributed by atoms with Crippen molar-refractivity contribution in [2.24, 2.45) is 0 Å². The fraction of sp³-hybridized carbons (Fsp3) is 0.261. The van der Waals surface area contributed by atoms with Gasteiger partial charge in [-0.05, 0) is 57.0 Å². The van der Waals surface area contributed by atoms with Crippen molar-refractivity contribution in [2.45, 2.75) is 38.8 Å². The zero-order valence-electron chi connectivity index (χ0n) is 16.8. The lowest BCUT2D eigenvalue weighted by atomic mass is 10.1. The first-order valence-electron chi connectivity index (χ1n) is 9.85. The number of amides is 1. The molecule has 7 heteroatoms. The highest BCUT2D eigenvalue weighted by Gasteiger charge is 2.29. The van der Waals surface area contributed by atoms with Gasteiger partial charge in [0.1, 0.15) is 17.1 Å². The van der Waals surface area contributed by atoms with Crippen LogP contribution >= 0.6 is 0 Å². The maximum Gasteiger partial charge on any atom is 0.342 e. The zero-order valence-corrected chi connectivity index (χ0v) is 16.8. The van der Waals surface area contributed by atoms with Gasteiger partial charge in [-0.3, -0.25) is 4.79 Å². The summed E-state index contributed by atoms with van der Waals surface area (Å²) in [6.45, 7) is 3.50. The van der Waals surface area contributed by atoms with Gasteiger partial charge in [0, 0.05) is 17.8 Å². The number of aryl methyl sites for hydroxylation is 1. The minimum absolute atomic E-state index is 0.183. The van der Waals surface area contributed by atoms with Crippen molar-refractivity contribution in [1.29, 1.82) is 0 Å². The number of benzene rings is 2. The van der Waals surface area contributed by atoms with Gasteiger partial charge in [0.05, 0.1) is 5.69 Å². The minimum atomic E-state index is -0.919. The summed E-state index contributed by atoms with van der Waals surface area (Å²) in [6, 6.07) is 13.6. The van der Waals surface area contributed by atoms with Gasteiger partial charge in [0.15, 0.2) is 6.10 Å². The van der Waals surface area contributed by atoms with Gasteiger partial charge in [-0.1, -0.05) is 23.8 Å². The molecule has 1 atom stereocenters. The fourth-order valence-corrected chi connectivity index (χ4v) is 3.08. The lowest BCUT2D eigenvalue weighted by Crippen LogP contribution is -2.37. The summed E-state index contributed by atoms with van der Waals surface area (Å²) in [6.07, 6.45) is 2.53. The van der Waals surface area contributed by atoms with Crippen LogP contribution in [0.25, 0.3) is 16.9 Å². The number of hydrogen-bond acceptors (Lipinski definition) is 4. The number of carbonyl (C=O) groups is 2. The van der Waals surface area contributed by atoms with Gasteiger partial charge in [0.25, 0.3) is 5.91 Å². The van der Waals surface area contributed by atoms with Crippen LogP contribution in [0.2, 0.25) is 0 Å². The summed E-state index contributed by atoms with van der Waals surface area (Å²) < 4.78 is 20.2. The average Bonchev–Trinajstić information content (AvgIpc) is 3.42. The van der Waals surface area contributed by atoms with Gasteiger partial charge in [-0.15, -0.1) is 0 Å². The molecule has 0 bridgehead atoms. The number of hydrogen-bond donors (Lipinski definition) is 1. The van der Waals surface area contributed by atoms with Crippen molar-refractivity contribution in [3.8, 4) is 16.9 Å². The standard InChI is InChI=1S/C23H22FN3O3/c1-14-4-3-5-16(12-14)21-20(13-27(26-21)19-10-6-17(24)7-11-19)23(29)30-15(2)22(28)25-18-8-9-18/h3-7,10-13,15,18H,8-9H2,1-2H3,(H,25,28)/t15-/m1/s1. The van der Waals surface area contributed by atoms with Gasteiger partial charge >= 0.3 is 5.97 Å². The SMILES string of the molecule is Cc1cccc(-c2nn(-c3ccc(F)cc3)cc2C(=O)O[C@H](C)C(=O)NC2CC2)c1. The number of esters is 1. The van der Waals surface area contributed by atoms with Crippen molar-refractivity contribution < 1.29 is 18.7 Å². The quantitative estimate of drug-likeness (QED) is 0.631. The highest BCUT2D eigenvalue weighted by molar-refractivity contribution is 5.97. The molecular formula is C23H22FN3O3. The van der Waals surface area contributed by atoms with Crippen LogP contribution in [0.3, 0.4) is 0 Å². The smallest absolute Gasteiger partial charge is 0.342 e. The van der Waals surface area contributed by atoms with Crippen LogP contribution in [-0.4, -0.2) is 33.8 Å². The van der Waals surface area contributed by atoms with E-state index in [0.717, 1.165) is 24.0 Å². The first kappa shape index (κ1) is 19.8. The number of nitrogens with zero attached hydrogens (tertiary/aromatic N) is 2. The lowest BCUT2D eigenvalue weighted by molar-refractivity contribution is -0.129. The molecule has 1 aromatic heterocycles. The van der Waals surface area contributed by atoms with Crippen LogP contribution < -0.4 is 5.32 Å². The van der Waals surface area contributed by atoms with Crippen LogP contribution in [0.4, 0.5) is 4.39 Å². The molecule has 0 unspecified atom stereocenters. The largest absolute Gasteiger partial charge is 0.449 e. The minimum Gasteiger partial charge on any atom is -0.449 e. The Morgan fingerprint density at radius 1 is 1.20 bits per heavy atom. The Hall–Kier alpha value is -3.48. The van der Waals surface area contributed by atoms with E-state index < -0.39 is 12.1 Å². The monoisotopic (exact) mass is 407 g/mol. The normalized spacial score (nSPS) is 14.2. The molecule has 0 spiro atoms. The van der Waals surface area contributed by atoms with Crippen LogP contribution in [0.1, 0.15) is 35.7 Å². The van der Waals surface area contributed by atoms with E-state index in [-0.39, 0.29) is 23.3 Å². The zero-order chi connectivity index (χ0) is 21.3. The molecule has 4 rings (SSSR count). The summed E-state index contributed by atoms with van der Waals surface area (Å²) in [4.78, 5) is 25.1. The summed E-state index contributed by atoms with van der Waals surface area (Å²) >= 11 is 0. The Balaban J connectivity index is 1.66. The van der Waals surface area contributed by atoms with Crippen molar-refractivity contribution in [3.63, 3.8) is 0 Å². The molecule has 6 nitrogen and oxygen atoms in total. The summed E-state index contributed by atoms with van der Waals surface area (Å²) in [5.41, 5.74) is 3.03. The van der Waals surface area contributed by atoms with E-state index in [9.17, 15) is 14.0 Å². The van der Waals surface area contributed by atoms with E-state index in [4.69, 9.17) is 4.74 Å². The van der Waals surface area contributed by atoms with E-state index >= 15 is 0 Å². The molecule has 0 aliphatic heterocycles. The third-order valence-electron chi connectivity index (χ3n) is 4.89. The Labute approximate surface area is 173 Å². The molecule has 0 saturated heterocycles. The Morgan fingerprint density at radius 3 is 2.60 bits per heavy atom. The predicted octanol–water partition coefficient (Wildman–Crippen LogP) is 3.81. The fourth-order valence-electron chi connectivity index (χ4n) is 3.08. The number of carbonyl (C=O) groups excluding carboxylic acids is 2. The maximum atomic E-state index is 13.3.